The fraction of sp³-hybridized carbons (Fsp3) is 0.192. The van der Waals surface area contributed by atoms with Crippen molar-refractivity contribution in [2.45, 2.75) is 13.8 Å². The maximum absolute atomic E-state index is 12.4. The molecule has 3 aromatic rings. The van der Waals surface area contributed by atoms with Gasteiger partial charge in [0.25, 0.3) is 11.8 Å². The van der Waals surface area contributed by atoms with E-state index in [4.69, 9.17) is 14.2 Å². The van der Waals surface area contributed by atoms with Gasteiger partial charge in [-0.3, -0.25) is 9.59 Å². The third kappa shape index (κ3) is 7.37. The Kier molecular flexibility index (Phi) is 9.04. The molecule has 3 rings (SSSR count). The Morgan fingerprint density at radius 2 is 1.56 bits per heavy atom. The van der Waals surface area contributed by atoms with Crippen molar-refractivity contribution in [2.75, 3.05) is 25.1 Å². The first kappa shape index (κ1) is 24.3. The molecule has 8 nitrogen and oxygen atoms in total. The van der Waals surface area contributed by atoms with E-state index in [9.17, 15) is 9.59 Å². The maximum atomic E-state index is 12.4. The molecule has 0 saturated carbocycles. The van der Waals surface area contributed by atoms with Crippen LogP contribution in [0.4, 0.5) is 5.69 Å². The Morgan fingerprint density at radius 1 is 0.853 bits per heavy atom. The van der Waals surface area contributed by atoms with E-state index in [0.29, 0.717) is 41.7 Å². The van der Waals surface area contributed by atoms with Crippen molar-refractivity contribution < 1.29 is 23.8 Å². The molecule has 0 saturated heterocycles. The summed E-state index contributed by atoms with van der Waals surface area (Å²) in [6.07, 6.45) is 1.52. The molecular formula is C26H27N3O5. The Hall–Kier alpha value is -4.33. The lowest BCUT2D eigenvalue weighted by Crippen LogP contribution is -2.20. The summed E-state index contributed by atoms with van der Waals surface area (Å²) < 4.78 is 16.6. The highest BCUT2D eigenvalue weighted by molar-refractivity contribution is 5.95. The van der Waals surface area contributed by atoms with Crippen LogP contribution in [-0.4, -0.2) is 37.8 Å². The van der Waals surface area contributed by atoms with Crippen LogP contribution in [0.5, 0.6) is 17.2 Å². The summed E-state index contributed by atoms with van der Waals surface area (Å²) in [6, 6.07) is 21.1. The van der Waals surface area contributed by atoms with Crippen LogP contribution < -0.4 is 25.0 Å². The van der Waals surface area contributed by atoms with Crippen LogP contribution in [0.15, 0.2) is 77.9 Å². The van der Waals surface area contributed by atoms with Gasteiger partial charge in [-0.25, -0.2) is 5.43 Å². The number of amides is 2. The fourth-order valence-electron chi connectivity index (χ4n) is 2.94. The molecule has 0 atom stereocenters. The van der Waals surface area contributed by atoms with Gasteiger partial charge in [-0.2, -0.15) is 5.10 Å². The van der Waals surface area contributed by atoms with E-state index in [1.165, 1.54) is 6.21 Å². The third-order valence-corrected chi connectivity index (χ3v) is 4.49. The van der Waals surface area contributed by atoms with E-state index >= 15 is 0 Å². The monoisotopic (exact) mass is 461 g/mol. The predicted molar refractivity (Wildman–Crippen MR) is 131 cm³/mol. The van der Waals surface area contributed by atoms with Gasteiger partial charge in [-0.1, -0.05) is 18.2 Å². The predicted octanol–water partition coefficient (Wildman–Crippen LogP) is 4.27. The minimum absolute atomic E-state index is 0.107. The second-order valence-corrected chi connectivity index (χ2v) is 7.00. The van der Waals surface area contributed by atoms with Gasteiger partial charge in [-0.05, 0) is 74.0 Å². The van der Waals surface area contributed by atoms with Gasteiger partial charge in [0, 0.05) is 11.3 Å². The molecule has 0 aliphatic rings. The zero-order chi connectivity index (χ0) is 24.2. The van der Waals surface area contributed by atoms with E-state index in [0.717, 1.165) is 5.56 Å². The van der Waals surface area contributed by atoms with Crippen LogP contribution in [0, 0.1) is 0 Å². The Bertz CT molecular complexity index is 1120. The van der Waals surface area contributed by atoms with Crippen LogP contribution in [0.1, 0.15) is 29.8 Å². The van der Waals surface area contributed by atoms with Crippen molar-refractivity contribution in [1.82, 2.24) is 5.43 Å². The SMILES string of the molecule is CCOc1ccc(C(=O)N/N=C/c2ccc(OCC(=O)Nc3ccccc3)cc2)cc1OCC. The number of nitrogens with one attached hydrogen (secondary N) is 2. The quantitative estimate of drug-likeness (QED) is 0.328. The number of benzene rings is 3. The van der Waals surface area contributed by atoms with Crippen LogP contribution >= 0.6 is 0 Å². The first-order valence-electron chi connectivity index (χ1n) is 10.9. The number of carbonyl (C=O) groups is 2. The summed E-state index contributed by atoms with van der Waals surface area (Å²) in [6.45, 7) is 4.60. The lowest BCUT2D eigenvalue weighted by Gasteiger charge is -2.11. The number of para-hydroxylation sites is 1. The largest absolute Gasteiger partial charge is 0.490 e. The van der Waals surface area contributed by atoms with Crippen molar-refractivity contribution in [1.29, 1.82) is 0 Å². The summed E-state index contributed by atoms with van der Waals surface area (Å²) in [4.78, 5) is 24.4. The lowest BCUT2D eigenvalue weighted by atomic mass is 10.2. The van der Waals surface area contributed by atoms with Gasteiger partial charge in [-0.15, -0.1) is 0 Å². The molecule has 176 valence electrons. The average Bonchev–Trinajstić information content (AvgIpc) is 2.85. The van der Waals surface area contributed by atoms with Gasteiger partial charge < -0.3 is 19.5 Å². The number of carbonyl (C=O) groups excluding carboxylic acids is 2. The summed E-state index contributed by atoms with van der Waals surface area (Å²) in [5, 5.41) is 6.76. The van der Waals surface area contributed by atoms with Gasteiger partial charge in [0.05, 0.1) is 19.4 Å². The molecule has 0 aliphatic heterocycles. The topological polar surface area (TPSA) is 98.3 Å². The molecule has 0 radical (unpaired) electrons. The van der Waals surface area contributed by atoms with E-state index in [1.807, 2.05) is 32.0 Å². The van der Waals surface area contributed by atoms with E-state index in [1.54, 1.807) is 54.6 Å². The van der Waals surface area contributed by atoms with Crippen molar-refractivity contribution in [3.8, 4) is 17.2 Å². The highest BCUT2D eigenvalue weighted by atomic mass is 16.5. The zero-order valence-corrected chi connectivity index (χ0v) is 19.1. The summed E-state index contributed by atoms with van der Waals surface area (Å²) >= 11 is 0. The third-order valence-electron chi connectivity index (χ3n) is 4.49. The Morgan fingerprint density at radius 3 is 2.26 bits per heavy atom. The van der Waals surface area contributed by atoms with E-state index < -0.39 is 0 Å². The average molecular weight is 462 g/mol. The van der Waals surface area contributed by atoms with Crippen LogP contribution in [0.2, 0.25) is 0 Å². The minimum Gasteiger partial charge on any atom is -0.490 e. The number of hydrazone groups is 1. The first-order valence-corrected chi connectivity index (χ1v) is 10.9. The summed E-state index contributed by atoms with van der Waals surface area (Å²) in [7, 11) is 0. The minimum atomic E-state index is -0.371. The Labute approximate surface area is 198 Å². The summed E-state index contributed by atoms with van der Waals surface area (Å²) in [5.74, 6) is 1.02. The molecule has 0 bridgehead atoms. The number of rotatable bonds is 11. The molecule has 34 heavy (non-hydrogen) atoms. The molecule has 0 aromatic heterocycles. The molecule has 0 spiro atoms. The van der Waals surface area contributed by atoms with E-state index in [-0.39, 0.29) is 18.4 Å². The molecule has 2 N–H and O–H groups in total. The molecule has 0 heterocycles. The van der Waals surface area contributed by atoms with E-state index in [2.05, 4.69) is 15.8 Å². The molecular weight excluding hydrogens is 434 g/mol. The lowest BCUT2D eigenvalue weighted by molar-refractivity contribution is -0.118. The van der Waals surface area contributed by atoms with Crippen molar-refractivity contribution in [3.05, 3.63) is 83.9 Å². The molecule has 0 aliphatic carbocycles. The molecule has 0 fully saturated rings. The standard InChI is InChI=1S/C26H27N3O5/c1-3-32-23-15-12-20(16-24(23)33-4-2)26(31)29-27-17-19-10-13-22(14-11-19)34-18-25(30)28-21-8-6-5-7-9-21/h5-17H,3-4,18H2,1-2H3,(H,28,30)(H,29,31)/b27-17+. The Balaban J connectivity index is 1.49. The second-order valence-electron chi connectivity index (χ2n) is 7.00. The number of ether oxygens (including phenoxy) is 3. The zero-order valence-electron chi connectivity index (χ0n) is 19.1. The van der Waals surface area contributed by atoms with Crippen LogP contribution in [0.25, 0.3) is 0 Å². The number of hydrogen-bond acceptors (Lipinski definition) is 6. The fourth-order valence-corrected chi connectivity index (χ4v) is 2.94. The molecule has 2 amide bonds. The van der Waals surface area contributed by atoms with Gasteiger partial charge >= 0.3 is 0 Å². The first-order chi connectivity index (χ1) is 16.6. The number of anilines is 1. The van der Waals surface area contributed by atoms with Crippen molar-refractivity contribution in [3.63, 3.8) is 0 Å². The van der Waals surface area contributed by atoms with Crippen molar-refractivity contribution in [2.24, 2.45) is 5.10 Å². The molecule has 8 heteroatoms. The van der Waals surface area contributed by atoms with Crippen LogP contribution in [0.3, 0.4) is 0 Å². The number of hydrogen-bond donors (Lipinski definition) is 2. The van der Waals surface area contributed by atoms with Gasteiger partial charge in [0.15, 0.2) is 18.1 Å². The van der Waals surface area contributed by atoms with Crippen LogP contribution in [-0.2, 0) is 4.79 Å². The second kappa shape index (κ2) is 12.6. The highest BCUT2D eigenvalue weighted by Gasteiger charge is 2.11. The number of nitrogens with zero attached hydrogens (tertiary/aromatic N) is 1. The highest BCUT2D eigenvalue weighted by Crippen LogP contribution is 2.28. The summed E-state index contributed by atoms with van der Waals surface area (Å²) in [5.41, 5.74) is 4.37. The smallest absolute Gasteiger partial charge is 0.271 e. The normalized spacial score (nSPS) is 10.5. The van der Waals surface area contributed by atoms with Crippen molar-refractivity contribution >= 4 is 23.7 Å². The maximum Gasteiger partial charge on any atom is 0.271 e. The molecule has 0 unspecified atom stereocenters. The van der Waals surface area contributed by atoms with Gasteiger partial charge in [0.1, 0.15) is 5.75 Å². The van der Waals surface area contributed by atoms with Gasteiger partial charge in [0.2, 0.25) is 0 Å². The molecule has 3 aromatic carbocycles.